The Morgan fingerprint density at radius 2 is 2.00 bits per heavy atom. The maximum atomic E-state index is 5.81. The van der Waals surface area contributed by atoms with E-state index in [1.54, 1.807) is 6.20 Å². The first kappa shape index (κ1) is 17.5. The van der Waals surface area contributed by atoms with E-state index in [4.69, 9.17) is 17.3 Å². The molecule has 4 heterocycles. The highest BCUT2D eigenvalue weighted by molar-refractivity contribution is 7.71. The molecule has 1 saturated heterocycles. The summed E-state index contributed by atoms with van der Waals surface area (Å²) in [6.07, 6.45) is 8.03. The van der Waals surface area contributed by atoms with Gasteiger partial charge in [0, 0.05) is 30.1 Å². The molecule has 3 aromatic heterocycles. The average molecular weight is 396 g/mol. The van der Waals surface area contributed by atoms with Crippen molar-refractivity contribution in [1.29, 1.82) is 0 Å². The van der Waals surface area contributed by atoms with E-state index in [1.165, 1.54) is 23.6 Å². The lowest BCUT2D eigenvalue weighted by molar-refractivity contribution is -0.924. The second kappa shape index (κ2) is 7.44. The molecule has 0 atom stereocenters. The van der Waals surface area contributed by atoms with E-state index in [9.17, 15) is 0 Å². The van der Waals surface area contributed by atoms with Crippen LogP contribution < -0.4 is 14.8 Å². The number of pyridine rings is 2. The Hall–Kier alpha value is -2.58. The lowest BCUT2D eigenvalue weighted by Gasteiger charge is -2.27. The van der Waals surface area contributed by atoms with Crippen molar-refractivity contribution in [3.8, 4) is 11.4 Å². The van der Waals surface area contributed by atoms with Crippen molar-refractivity contribution in [2.75, 3.05) is 31.1 Å². The van der Waals surface area contributed by atoms with Gasteiger partial charge in [-0.2, -0.15) is 4.68 Å². The summed E-state index contributed by atoms with van der Waals surface area (Å²) in [7, 11) is 0. The molecule has 7 nitrogen and oxygen atoms in total. The highest BCUT2D eigenvalue weighted by Crippen LogP contribution is 2.38. The smallest absolute Gasteiger partial charge is 0.274 e. The third-order valence-electron chi connectivity index (χ3n) is 5.58. The van der Waals surface area contributed by atoms with E-state index in [1.807, 2.05) is 29.2 Å². The van der Waals surface area contributed by atoms with Gasteiger partial charge in [-0.15, -0.1) is 5.10 Å². The van der Waals surface area contributed by atoms with Crippen LogP contribution in [0.15, 0.2) is 48.9 Å². The van der Waals surface area contributed by atoms with E-state index < -0.39 is 0 Å². The first-order chi connectivity index (χ1) is 13.8. The first-order valence-electron chi connectivity index (χ1n) is 9.94. The van der Waals surface area contributed by atoms with Crippen molar-refractivity contribution in [2.24, 2.45) is 0 Å². The Labute approximate surface area is 169 Å². The van der Waals surface area contributed by atoms with E-state index in [0.29, 0.717) is 6.04 Å². The zero-order chi connectivity index (χ0) is 18.9. The zero-order valence-electron chi connectivity index (χ0n) is 15.8. The fraction of sp³-hybridized carbons (Fsp3) is 0.400. The number of nitrogens with one attached hydrogen (secondary N) is 2. The molecular weight excluding hydrogens is 370 g/mol. The summed E-state index contributed by atoms with van der Waals surface area (Å²) in [6.45, 7) is 5.02. The van der Waals surface area contributed by atoms with Gasteiger partial charge in [-0.25, -0.2) is 4.98 Å². The Bertz CT molecular complexity index is 986. The number of quaternary nitrogens is 1. The van der Waals surface area contributed by atoms with E-state index in [2.05, 4.69) is 37.6 Å². The van der Waals surface area contributed by atoms with E-state index in [0.717, 1.165) is 49.0 Å². The second-order valence-corrected chi connectivity index (χ2v) is 7.96. The second-order valence-electron chi connectivity index (χ2n) is 7.59. The summed E-state index contributed by atoms with van der Waals surface area (Å²) in [6, 6.07) is 10.8. The molecule has 144 valence electrons. The Kier molecular flexibility index (Phi) is 4.66. The van der Waals surface area contributed by atoms with Crippen LogP contribution in [0, 0.1) is 4.77 Å². The zero-order valence-corrected chi connectivity index (χ0v) is 16.6. The van der Waals surface area contributed by atoms with Crippen LogP contribution in [-0.4, -0.2) is 45.5 Å². The number of anilines is 1. The van der Waals surface area contributed by atoms with Gasteiger partial charge in [0.25, 0.3) is 5.82 Å². The van der Waals surface area contributed by atoms with Crippen LogP contribution in [-0.2, 0) is 6.67 Å². The van der Waals surface area contributed by atoms with Gasteiger partial charge in [0.2, 0.25) is 4.77 Å². The van der Waals surface area contributed by atoms with Gasteiger partial charge in [-0.05, 0) is 43.3 Å². The van der Waals surface area contributed by atoms with Gasteiger partial charge in [-0.3, -0.25) is 14.5 Å². The minimum absolute atomic E-state index is 0.497. The lowest BCUT2D eigenvalue weighted by Crippen LogP contribution is -3.14. The fourth-order valence-electron chi connectivity index (χ4n) is 3.89. The van der Waals surface area contributed by atoms with Crippen LogP contribution >= 0.6 is 12.2 Å². The van der Waals surface area contributed by atoms with Gasteiger partial charge in [0.15, 0.2) is 12.5 Å². The number of hydrogen-bond donors (Lipinski definition) is 1. The summed E-state index contributed by atoms with van der Waals surface area (Å²) < 4.78 is 5.10. The Morgan fingerprint density at radius 3 is 2.68 bits per heavy atom. The molecule has 1 aliphatic heterocycles. The molecule has 0 unspecified atom stereocenters. The van der Waals surface area contributed by atoms with Crippen molar-refractivity contribution in [1.82, 2.24) is 19.3 Å². The molecule has 28 heavy (non-hydrogen) atoms. The summed E-state index contributed by atoms with van der Waals surface area (Å²) in [5, 5.41) is 4.91. The molecule has 0 radical (unpaired) electrons. The molecule has 8 heteroatoms. The first-order valence-corrected chi connectivity index (χ1v) is 10.4. The number of H-pyrrole nitrogens is 1. The topological polar surface area (TPSA) is 57.5 Å². The van der Waals surface area contributed by atoms with Crippen LogP contribution in [0.25, 0.3) is 11.4 Å². The molecule has 2 aliphatic rings. The van der Waals surface area contributed by atoms with Crippen molar-refractivity contribution < 1.29 is 9.88 Å². The highest BCUT2D eigenvalue weighted by Gasteiger charge is 2.31. The Balaban J connectivity index is 1.33. The molecule has 0 bridgehead atoms. The number of piperazine rings is 1. The van der Waals surface area contributed by atoms with Crippen molar-refractivity contribution in [3.63, 3.8) is 0 Å². The van der Waals surface area contributed by atoms with Crippen LogP contribution in [0.5, 0.6) is 0 Å². The molecule has 1 saturated carbocycles. The third kappa shape index (κ3) is 3.45. The summed E-state index contributed by atoms with van der Waals surface area (Å²) in [4.78, 5) is 11.5. The molecule has 5 rings (SSSR count). The van der Waals surface area contributed by atoms with Crippen LogP contribution in [0.4, 0.5) is 5.82 Å². The quantitative estimate of drug-likeness (QED) is 0.655. The van der Waals surface area contributed by atoms with E-state index >= 15 is 0 Å². The lowest BCUT2D eigenvalue weighted by atomic mass is 10.3. The van der Waals surface area contributed by atoms with Crippen molar-refractivity contribution in [3.05, 3.63) is 53.7 Å². The molecule has 2 fully saturated rings. The minimum atomic E-state index is 0.497. The molecule has 3 aromatic rings. The maximum Gasteiger partial charge on any atom is 0.274 e. The van der Waals surface area contributed by atoms with Crippen LogP contribution in [0.3, 0.4) is 0 Å². The molecule has 0 aromatic carbocycles. The number of aromatic amines is 1. The highest BCUT2D eigenvalue weighted by atomic mass is 32.1. The summed E-state index contributed by atoms with van der Waals surface area (Å²) in [5.41, 5.74) is 1.04. The molecule has 0 amide bonds. The van der Waals surface area contributed by atoms with Crippen molar-refractivity contribution >= 4 is 18.0 Å². The van der Waals surface area contributed by atoms with Gasteiger partial charge in [0.1, 0.15) is 26.2 Å². The number of aromatic nitrogens is 5. The maximum absolute atomic E-state index is 5.81. The molecule has 2 N–H and O–H groups in total. The van der Waals surface area contributed by atoms with Crippen LogP contribution in [0.1, 0.15) is 18.9 Å². The van der Waals surface area contributed by atoms with Gasteiger partial charge >= 0.3 is 0 Å². The SMILES string of the molecule is S=c1n(C[NH+]2CCN(c3cccc[nH+]3)CC2)nc(-c2cccnc2)n1C1CC1. The molecular formula is C20H25N7S+2. The summed E-state index contributed by atoms with van der Waals surface area (Å²) in [5.74, 6) is 2.15. The largest absolute Gasteiger partial charge is 0.310 e. The average Bonchev–Trinajstić information content (AvgIpc) is 3.54. The standard InChI is InChI=1S/C20H23N7S/c28-20-26(15-24-10-12-25(13-11-24)18-5-1-2-9-22-18)23-19(27(20)17-6-7-17)16-4-3-8-21-14-16/h1-5,8-9,14,17H,6-7,10-13,15H2/p+2. The third-order valence-corrected chi connectivity index (χ3v) is 5.99. The predicted octanol–water partition coefficient (Wildman–Crippen LogP) is 0.988. The number of hydrogen-bond acceptors (Lipinski definition) is 4. The van der Waals surface area contributed by atoms with E-state index in [-0.39, 0.29) is 0 Å². The Morgan fingerprint density at radius 1 is 1.14 bits per heavy atom. The normalized spacial score (nSPS) is 17.8. The predicted molar refractivity (Wildman–Crippen MR) is 108 cm³/mol. The number of rotatable bonds is 5. The van der Waals surface area contributed by atoms with Crippen LogP contribution in [0.2, 0.25) is 0 Å². The molecule has 0 spiro atoms. The van der Waals surface area contributed by atoms with Gasteiger partial charge in [0.05, 0.1) is 6.20 Å². The monoisotopic (exact) mass is 395 g/mol. The minimum Gasteiger partial charge on any atom is -0.310 e. The van der Waals surface area contributed by atoms with Gasteiger partial charge < -0.3 is 4.90 Å². The fourth-order valence-corrected chi connectivity index (χ4v) is 4.23. The molecule has 1 aliphatic carbocycles. The van der Waals surface area contributed by atoms with Gasteiger partial charge in [-0.1, -0.05) is 6.07 Å². The van der Waals surface area contributed by atoms with Crippen molar-refractivity contribution in [2.45, 2.75) is 25.6 Å². The summed E-state index contributed by atoms with van der Waals surface area (Å²) >= 11 is 5.81. The number of nitrogens with zero attached hydrogens (tertiary/aromatic N) is 5.